The first-order chi connectivity index (χ1) is 9.13. The van der Waals surface area contributed by atoms with Crippen LogP contribution in [0.25, 0.3) is 0 Å². The lowest BCUT2D eigenvalue weighted by Crippen LogP contribution is -2.40. The van der Waals surface area contributed by atoms with Crippen LogP contribution >= 0.6 is 0 Å². The molecule has 2 rings (SSSR count). The van der Waals surface area contributed by atoms with Gasteiger partial charge < -0.3 is 15.3 Å². The van der Waals surface area contributed by atoms with Crippen LogP contribution < -0.4 is 5.32 Å². The maximum atomic E-state index is 12.3. The molecule has 0 saturated carbocycles. The maximum absolute atomic E-state index is 12.3. The number of aliphatic hydroxyl groups excluding tert-OH is 1. The molecule has 2 N–H and O–H groups in total. The number of rotatable bonds is 3. The quantitative estimate of drug-likeness (QED) is 0.880. The molecular formula is C15H22N2O2. The van der Waals surface area contributed by atoms with Crippen LogP contribution in [0.15, 0.2) is 24.3 Å². The molecule has 0 unspecified atom stereocenters. The van der Waals surface area contributed by atoms with Crippen molar-refractivity contribution in [1.29, 1.82) is 0 Å². The second-order valence-corrected chi connectivity index (χ2v) is 5.34. The zero-order chi connectivity index (χ0) is 13.8. The molecule has 104 valence electrons. The van der Waals surface area contributed by atoms with E-state index in [9.17, 15) is 9.90 Å². The Morgan fingerprint density at radius 2 is 2.21 bits per heavy atom. The predicted octanol–water partition coefficient (Wildman–Crippen LogP) is 2.80. The Morgan fingerprint density at radius 3 is 2.89 bits per heavy atom. The van der Waals surface area contributed by atoms with Gasteiger partial charge in [0, 0.05) is 12.2 Å². The Balaban J connectivity index is 2.11. The van der Waals surface area contributed by atoms with Gasteiger partial charge in [0.25, 0.3) is 0 Å². The molecule has 0 aromatic heterocycles. The van der Waals surface area contributed by atoms with Gasteiger partial charge in [0.05, 0.1) is 12.6 Å². The van der Waals surface area contributed by atoms with Crippen LogP contribution in [0.2, 0.25) is 0 Å². The summed E-state index contributed by atoms with van der Waals surface area (Å²) in [5, 5.41) is 12.2. The maximum Gasteiger partial charge on any atom is 0.322 e. The molecule has 1 heterocycles. The van der Waals surface area contributed by atoms with Gasteiger partial charge in [0.2, 0.25) is 0 Å². The van der Waals surface area contributed by atoms with Crippen molar-refractivity contribution >= 4 is 11.7 Å². The lowest BCUT2D eigenvalue weighted by Gasteiger charge is -2.24. The Hall–Kier alpha value is -1.55. The predicted molar refractivity (Wildman–Crippen MR) is 76.4 cm³/mol. The van der Waals surface area contributed by atoms with E-state index in [1.54, 1.807) is 4.90 Å². The van der Waals surface area contributed by atoms with Crippen LogP contribution in [0.4, 0.5) is 10.5 Å². The third-order valence-electron chi connectivity index (χ3n) is 3.67. The summed E-state index contributed by atoms with van der Waals surface area (Å²) < 4.78 is 0. The topological polar surface area (TPSA) is 52.6 Å². The monoisotopic (exact) mass is 262 g/mol. The summed E-state index contributed by atoms with van der Waals surface area (Å²) in [6.07, 6.45) is 1.85. The van der Waals surface area contributed by atoms with E-state index < -0.39 is 0 Å². The van der Waals surface area contributed by atoms with Crippen LogP contribution in [-0.2, 0) is 0 Å². The standard InChI is InChI=1S/C15H22N2O2/c1-11(2)13-7-3-4-8-14(13)16-15(19)17-9-5-6-12(17)10-18/h3-4,7-8,11-12,18H,5-6,9-10H2,1-2H3,(H,16,19)/t12-/m0/s1. The fourth-order valence-corrected chi connectivity index (χ4v) is 2.59. The molecule has 1 fully saturated rings. The normalized spacial score (nSPS) is 18.9. The minimum atomic E-state index is -0.107. The molecular weight excluding hydrogens is 240 g/mol. The number of hydrogen-bond donors (Lipinski definition) is 2. The van der Waals surface area contributed by atoms with Crippen molar-refractivity contribution in [3.05, 3.63) is 29.8 Å². The second-order valence-electron chi connectivity index (χ2n) is 5.34. The Morgan fingerprint density at radius 1 is 1.47 bits per heavy atom. The number of hydrogen-bond acceptors (Lipinski definition) is 2. The Bertz CT molecular complexity index is 446. The van der Waals surface area contributed by atoms with E-state index in [-0.39, 0.29) is 18.7 Å². The molecule has 1 aliphatic heterocycles. The van der Waals surface area contributed by atoms with E-state index in [4.69, 9.17) is 0 Å². The van der Waals surface area contributed by atoms with Crippen LogP contribution in [0.3, 0.4) is 0 Å². The number of nitrogens with one attached hydrogen (secondary N) is 1. The van der Waals surface area contributed by atoms with Crippen molar-refractivity contribution in [2.45, 2.75) is 38.6 Å². The summed E-state index contributed by atoms with van der Waals surface area (Å²) in [6.45, 7) is 4.98. The van der Waals surface area contributed by atoms with Gasteiger partial charge in [-0.05, 0) is 30.4 Å². The summed E-state index contributed by atoms with van der Waals surface area (Å²) >= 11 is 0. The van der Waals surface area contributed by atoms with Crippen LogP contribution in [-0.4, -0.2) is 35.2 Å². The molecule has 4 heteroatoms. The molecule has 19 heavy (non-hydrogen) atoms. The van der Waals surface area contributed by atoms with Gasteiger partial charge in [-0.15, -0.1) is 0 Å². The van der Waals surface area contributed by atoms with Gasteiger partial charge >= 0.3 is 6.03 Å². The summed E-state index contributed by atoms with van der Waals surface area (Å²) in [6, 6.07) is 7.73. The molecule has 2 amide bonds. The summed E-state index contributed by atoms with van der Waals surface area (Å²) in [4.78, 5) is 14.0. The molecule has 4 nitrogen and oxygen atoms in total. The lowest BCUT2D eigenvalue weighted by molar-refractivity contribution is 0.166. The summed E-state index contributed by atoms with van der Waals surface area (Å²) in [5.74, 6) is 0.365. The van der Waals surface area contributed by atoms with Crippen molar-refractivity contribution in [2.75, 3.05) is 18.5 Å². The number of carbonyl (C=O) groups excluding carboxylic acids is 1. The number of benzene rings is 1. The zero-order valence-electron chi connectivity index (χ0n) is 11.6. The molecule has 0 radical (unpaired) electrons. The van der Waals surface area contributed by atoms with E-state index in [2.05, 4.69) is 19.2 Å². The number of anilines is 1. The van der Waals surface area contributed by atoms with E-state index >= 15 is 0 Å². The number of urea groups is 1. The third-order valence-corrected chi connectivity index (χ3v) is 3.67. The van der Waals surface area contributed by atoms with E-state index in [0.29, 0.717) is 5.92 Å². The number of para-hydroxylation sites is 1. The number of aliphatic hydroxyl groups is 1. The first kappa shape index (κ1) is 13.9. The van der Waals surface area contributed by atoms with Gasteiger partial charge in [-0.25, -0.2) is 4.79 Å². The average molecular weight is 262 g/mol. The summed E-state index contributed by atoms with van der Waals surface area (Å²) in [5.41, 5.74) is 2.00. The zero-order valence-corrected chi connectivity index (χ0v) is 11.6. The molecule has 1 saturated heterocycles. The third kappa shape index (κ3) is 3.07. The smallest absolute Gasteiger partial charge is 0.322 e. The average Bonchev–Trinajstić information content (AvgIpc) is 2.87. The summed E-state index contributed by atoms with van der Waals surface area (Å²) in [7, 11) is 0. The number of carbonyl (C=O) groups is 1. The highest BCUT2D eigenvalue weighted by Gasteiger charge is 2.28. The first-order valence-electron chi connectivity index (χ1n) is 6.91. The van der Waals surface area contributed by atoms with Crippen LogP contribution in [0.1, 0.15) is 38.2 Å². The molecule has 1 atom stereocenters. The van der Waals surface area contributed by atoms with Crippen molar-refractivity contribution < 1.29 is 9.90 Å². The van der Waals surface area contributed by atoms with E-state index in [1.807, 2.05) is 24.3 Å². The molecule has 0 bridgehead atoms. The number of nitrogens with zero attached hydrogens (tertiary/aromatic N) is 1. The van der Waals surface area contributed by atoms with Crippen LogP contribution in [0, 0.1) is 0 Å². The van der Waals surface area contributed by atoms with Crippen molar-refractivity contribution in [1.82, 2.24) is 4.90 Å². The fraction of sp³-hybridized carbons (Fsp3) is 0.533. The molecule has 1 aromatic rings. The highest BCUT2D eigenvalue weighted by molar-refractivity contribution is 5.90. The largest absolute Gasteiger partial charge is 0.394 e. The fourth-order valence-electron chi connectivity index (χ4n) is 2.59. The van der Waals surface area contributed by atoms with E-state index in [0.717, 1.165) is 30.6 Å². The van der Waals surface area contributed by atoms with E-state index in [1.165, 1.54) is 0 Å². The highest BCUT2D eigenvalue weighted by Crippen LogP contribution is 2.25. The first-order valence-corrected chi connectivity index (χ1v) is 6.91. The van der Waals surface area contributed by atoms with Gasteiger partial charge in [-0.3, -0.25) is 0 Å². The highest BCUT2D eigenvalue weighted by atomic mass is 16.3. The Labute approximate surface area is 114 Å². The van der Waals surface area contributed by atoms with Gasteiger partial charge in [-0.1, -0.05) is 32.0 Å². The van der Waals surface area contributed by atoms with Gasteiger partial charge in [0.15, 0.2) is 0 Å². The minimum absolute atomic E-state index is 0.0359. The second kappa shape index (κ2) is 6.06. The van der Waals surface area contributed by atoms with Crippen molar-refractivity contribution in [2.24, 2.45) is 0 Å². The van der Waals surface area contributed by atoms with Gasteiger partial charge in [0.1, 0.15) is 0 Å². The molecule has 1 aromatic carbocycles. The lowest BCUT2D eigenvalue weighted by atomic mass is 10.0. The SMILES string of the molecule is CC(C)c1ccccc1NC(=O)N1CCC[C@H]1CO. The van der Waals surface area contributed by atoms with Crippen molar-refractivity contribution in [3.63, 3.8) is 0 Å². The number of likely N-dealkylation sites (tertiary alicyclic amines) is 1. The Kier molecular flexibility index (Phi) is 4.43. The molecule has 1 aliphatic rings. The van der Waals surface area contributed by atoms with Gasteiger partial charge in [-0.2, -0.15) is 0 Å². The molecule has 0 spiro atoms. The number of amides is 2. The molecule has 0 aliphatic carbocycles. The minimum Gasteiger partial charge on any atom is -0.394 e. The van der Waals surface area contributed by atoms with Crippen molar-refractivity contribution in [3.8, 4) is 0 Å². The van der Waals surface area contributed by atoms with Crippen LogP contribution in [0.5, 0.6) is 0 Å².